The molecule has 1 heterocycles. The largest absolute Gasteiger partial charge is 0.492 e. The fourth-order valence-electron chi connectivity index (χ4n) is 2.91. The number of hydrogen-bond acceptors (Lipinski definition) is 3. The predicted octanol–water partition coefficient (Wildman–Crippen LogP) is 5.49. The fourth-order valence-corrected chi connectivity index (χ4v) is 2.91. The lowest BCUT2D eigenvalue weighted by Crippen LogP contribution is -2.42. The molecule has 1 atom stereocenters. The topological polar surface area (TPSA) is 51.2 Å². The van der Waals surface area contributed by atoms with E-state index in [-0.39, 0.29) is 17.0 Å². The Morgan fingerprint density at radius 3 is 2.53 bits per heavy atom. The van der Waals surface area contributed by atoms with E-state index in [4.69, 9.17) is 4.74 Å². The number of amides is 1. The van der Waals surface area contributed by atoms with E-state index in [1.807, 2.05) is 0 Å². The van der Waals surface area contributed by atoms with Crippen LogP contribution in [-0.4, -0.2) is 23.7 Å². The number of alkyl halides is 3. The molecule has 0 saturated heterocycles. The van der Waals surface area contributed by atoms with E-state index in [1.54, 1.807) is 6.07 Å². The van der Waals surface area contributed by atoms with Gasteiger partial charge in [0.05, 0.1) is 23.7 Å². The Kier molecular flexibility index (Phi) is 5.91. The second-order valence-corrected chi connectivity index (χ2v) is 7.09. The maximum absolute atomic E-state index is 13.7. The second-order valence-electron chi connectivity index (χ2n) is 7.09. The van der Waals surface area contributed by atoms with Gasteiger partial charge in [0.25, 0.3) is 0 Å². The molecule has 158 valence electrons. The van der Waals surface area contributed by atoms with Gasteiger partial charge in [-0.2, -0.15) is 13.2 Å². The second kappa shape index (κ2) is 8.25. The first-order valence-corrected chi connectivity index (χ1v) is 8.87. The number of carbonyl (C=O) groups is 1. The molecule has 3 rings (SSSR count). The Morgan fingerprint density at radius 1 is 1.10 bits per heavy atom. The van der Waals surface area contributed by atoms with Gasteiger partial charge in [0.15, 0.2) is 0 Å². The Morgan fingerprint density at radius 2 is 1.83 bits per heavy atom. The molecule has 0 aliphatic carbocycles. The van der Waals surface area contributed by atoms with E-state index in [2.05, 4.69) is 10.3 Å². The molecule has 0 bridgehead atoms. The molecule has 0 aliphatic rings. The van der Waals surface area contributed by atoms with E-state index in [9.17, 15) is 26.7 Å². The number of nitrogens with zero attached hydrogens (tertiary/aromatic N) is 1. The molecule has 30 heavy (non-hydrogen) atoms. The van der Waals surface area contributed by atoms with Crippen LogP contribution in [0.15, 0.2) is 54.7 Å². The molecule has 0 radical (unpaired) electrons. The zero-order valence-electron chi connectivity index (χ0n) is 15.8. The standard InChI is InChI=1S/C21H17F5N2O2/c1-20(11-21(24,25)26,12-30-16-6-3-5-14(22)9-16)19(29)28-15-8-13-4-2-7-17(23)18(13)27-10-15/h2-10H,11-12H2,1H3,(H,28,29). The summed E-state index contributed by atoms with van der Waals surface area (Å²) in [6, 6.07) is 10.5. The third-order valence-electron chi connectivity index (χ3n) is 4.41. The molecule has 0 aliphatic heterocycles. The molecule has 1 unspecified atom stereocenters. The molecule has 4 nitrogen and oxygen atoms in total. The van der Waals surface area contributed by atoms with Crippen molar-refractivity contribution in [2.45, 2.75) is 19.5 Å². The fraction of sp³-hybridized carbons (Fsp3) is 0.238. The van der Waals surface area contributed by atoms with Crippen LogP contribution in [0.3, 0.4) is 0 Å². The molecule has 0 fully saturated rings. The summed E-state index contributed by atoms with van der Waals surface area (Å²) in [4.78, 5) is 16.6. The number of rotatable bonds is 6. The Hall–Kier alpha value is -3.23. The van der Waals surface area contributed by atoms with Crippen molar-refractivity contribution in [2.24, 2.45) is 5.41 Å². The average Bonchev–Trinajstić information content (AvgIpc) is 2.65. The highest BCUT2D eigenvalue weighted by Crippen LogP contribution is 2.35. The molecular weight excluding hydrogens is 407 g/mol. The highest BCUT2D eigenvalue weighted by Gasteiger charge is 2.45. The first kappa shape index (κ1) is 21.5. The minimum atomic E-state index is -4.65. The van der Waals surface area contributed by atoms with Gasteiger partial charge in [0.2, 0.25) is 5.91 Å². The Labute approximate surface area is 168 Å². The van der Waals surface area contributed by atoms with Gasteiger partial charge in [0, 0.05) is 11.5 Å². The van der Waals surface area contributed by atoms with Crippen molar-refractivity contribution in [3.63, 3.8) is 0 Å². The maximum atomic E-state index is 13.7. The summed E-state index contributed by atoms with van der Waals surface area (Å²) in [6.45, 7) is 0.459. The number of benzene rings is 2. The van der Waals surface area contributed by atoms with Crippen LogP contribution in [0.4, 0.5) is 27.6 Å². The van der Waals surface area contributed by atoms with Crippen LogP contribution < -0.4 is 10.1 Å². The molecule has 3 aromatic rings. The molecule has 2 aromatic carbocycles. The van der Waals surface area contributed by atoms with Crippen molar-refractivity contribution in [1.29, 1.82) is 0 Å². The minimum Gasteiger partial charge on any atom is -0.492 e. The lowest BCUT2D eigenvalue weighted by atomic mass is 9.86. The van der Waals surface area contributed by atoms with Gasteiger partial charge in [-0.3, -0.25) is 9.78 Å². The van der Waals surface area contributed by atoms with Crippen molar-refractivity contribution in [2.75, 3.05) is 11.9 Å². The van der Waals surface area contributed by atoms with Crippen LogP contribution in [0, 0.1) is 17.0 Å². The van der Waals surface area contributed by atoms with Gasteiger partial charge in [-0.15, -0.1) is 0 Å². The first-order valence-electron chi connectivity index (χ1n) is 8.87. The lowest BCUT2D eigenvalue weighted by molar-refractivity contribution is -0.167. The third-order valence-corrected chi connectivity index (χ3v) is 4.41. The molecule has 1 amide bonds. The van der Waals surface area contributed by atoms with Crippen LogP contribution in [0.2, 0.25) is 0 Å². The first-order chi connectivity index (χ1) is 14.1. The van der Waals surface area contributed by atoms with Gasteiger partial charge < -0.3 is 10.1 Å². The van der Waals surface area contributed by atoms with Crippen molar-refractivity contribution in [3.05, 3.63) is 66.4 Å². The highest BCUT2D eigenvalue weighted by atomic mass is 19.4. The highest BCUT2D eigenvalue weighted by molar-refractivity contribution is 5.96. The number of pyridine rings is 1. The van der Waals surface area contributed by atoms with Gasteiger partial charge >= 0.3 is 6.18 Å². The van der Waals surface area contributed by atoms with Crippen molar-refractivity contribution < 1.29 is 31.5 Å². The molecule has 9 heteroatoms. The molecule has 0 spiro atoms. The van der Waals surface area contributed by atoms with Gasteiger partial charge in [-0.1, -0.05) is 18.2 Å². The summed E-state index contributed by atoms with van der Waals surface area (Å²) < 4.78 is 71.7. The minimum absolute atomic E-state index is 0.000883. The number of halogens is 5. The van der Waals surface area contributed by atoms with Crippen molar-refractivity contribution in [1.82, 2.24) is 4.98 Å². The van der Waals surface area contributed by atoms with E-state index in [0.29, 0.717) is 5.39 Å². The number of hydrogen-bond donors (Lipinski definition) is 1. The van der Waals surface area contributed by atoms with E-state index < -0.39 is 42.2 Å². The van der Waals surface area contributed by atoms with Gasteiger partial charge in [-0.25, -0.2) is 8.78 Å². The van der Waals surface area contributed by atoms with E-state index in [1.165, 1.54) is 30.3 Å². The van der Waals surface area contributed by atoms with Crippen molar-refractivity contribution >= 4 is 22.5 Å². The van der Waals surface area contributed by atoms with Gasteiger partial charge in [-0.05, 0) is 31.2 Å². The van der Waals surface area contributed by atoms with E-state index >= 15 is 0 Å². The smallest absolute Gasteiger partial charge is 0.390 e. The zero-order valence-corrected chi connectivity index (χ0v) is 15.8. The van der Waals surface area contributed by atoms with Crippen LogP contribution in [0.5, 0.6) is 5.75 Å². The summed E-state index contributed by atoms with van der Waals surface area (Å²) in [5.74, 6) is -2.15. The van der Waals surface area contributed by atoms with Crippen LogP contribution in [0.1, 0.15) is 13.3 Å². The number of para-hydroxylation sites is 1. The molecule has 1 aromatic heterocycles. The number of fused-ring (bicyclic) bond motifs is 1. The maximum Gasteiger partial charge on any atom is 0.390 e. The van der Waals surface area contributed by atoms with Gasteiger partial charge in [0.1, 0.15) is 29.5 Å². The predicted molar refractivity (Wildman–Crippen MR) is 101 cm³/mol. The van der Waals surface area contributed by atoms with E-state index in [0.717, 1.165) is 25.3 Å². The number of nitrogens with one attached hydrogen (secondary N) is 1. The Balaban J connectivity index is 1.82. The van der Waals surface area contributed by atoms with Crippen LogP contribution >= 0.6 is 0 Å². The lowest BCUT2D eigenvalue weighted by Gasteiger charge is -2.29. The third kappa shape index (κ3) is 5.22. The monoisotopic (exact) mass is 424 g/mol. The molecular formula is C21H17F5N2O2. The number of ether oxygens (including phenoxy) is 1. The summed E-state index contributed by atoms with van der Waals surface area (Å²) in [5.41, 5.74) is -1.83. The van der Waals surface area contributed by atoms with Crippen LogP contribution in [0.25, 0.3) is 10.9 Å². The summed E-state index contributed by atoms with van der Waals surface area (Å²) >= 11 is 0. The Bertz CT molecular complexity index is 1070. The van der Waals surface area contributed by atoms with Crippen LogP contribution in [-0.2, 0) is 4.79 Å². The average molecular weight is 424 g/mol. The van der Waals surface area contributed by atoms with Crippen molar-refractivity contribution in [3.8, 4) is 5.75 Å². The normalized spacial score (nSPS) is 13.7. The summed E-state index contributed by atoms with van der Waals surface area (Å²) in [7, 11) is 0. The molecule has 1 N–H and O–H groups in total. The quantitative estimate of drug-likeness (QED) is 0.533. The molecule has 0 saturated carbocycles. The summed E-state index contributed by atoms with van der Waals surface area (Å²) in [6.07, 6.45) is -4.95. The SMILES string of the molecule is CC(COc1cccc(F)c1)(CC(F)(F)F)C(=O)Nc1cnc2c(F)cccc2c1. The number of aromatic nitrogens is 1. The summed E-state index contributed by atoms with van der Waals surface area (Å²) in [5, 5.41) is 2.76. The number of anilines is 1. The zero-order chi connectivity index (χ0) is 21.9. The number of carbonyl (C=O) groups excluding carboxylic acids is 1.